The number of benzene rings is 1. The summed E-state index contributed by atoms with van der Waals surface area (Å²) in [4.78, 5) is 3.97. The van der Waals surface area contributed by atoms with Crippen LogP contribution in [-0.2, 0) is 0 Å². The Morgan fingerprint density at radius 3 is 2.75 bits per heavy atom. The lowest BCUT2D eigenvalue weighted by Gasteiger charge is -2.06. The van der Waals surface area contributed by atoms with Crippen LogP contribution in [0.5, 0.6) is 11.6 Å². The second-order valence-corrected chi connectivity index (χ2v) is 3.93. The third-order valence-electron chi connectivity index (χ3n) is 1.85. The fraction of sp³-hybridized carbons (Fsp3) is 0. The van der Waals surface area contributed by atoms with Gasteiger partial charge in [-0.05, 0) is 40.2 Å². The summed E-state index contributed by atoms with van der Waals surface area (Å²) in [5, 5.41) is 0. The number of hydrogen-bond acceptors (Lipinski definition) is 3. The number of pyridine rings is 1. The molecule has 3 nitrogen and oxygen atoms in total. The van der Waals surface area contributed by atoms with Gasteiger partial charge in [0.1, 0.15) is 17.4 Å². The van der Waals surface area contributed by atoms with E-state index in [2.05, 4.69) is 20.9 Å². The molecule has 2 N–H and O–H groups in total. The highest BCUT2D eigenvalue weighted by molar-refractivity contribution is 9.10. The van der Waals surface area contributed by atoms with E-state index in [1.54, 1.807) is 18.2 Å². The first-order chi connectivity index (χ1) is 7.65. The lowest BCUT2D eigenvalue weighted by Crippen LogP contribution is -1.93. The Kier molecular flexibility index (Phi) is 3.05. The molecule has 0 saturated heterocycles. The highest BCUT2D eigenvalue weighted by Gasteiger charge is 2.04. The summed E-state index contributed by atoms with van der Waals surface area (Å²) in [5.41, 5.74) is 5.51. The maximum Gasteiger partial charge on any atom is 0.221 e. The molecule has 0 aliphatic rings. The van der Waals surface area contributed by atoms with Crippen molar-refractivity contribution < 1.29 is 9.13 Å². The summed E-state index contributed by atoms with van der Waals surface area (Å²) >= 11 is 3.20. The van der Waals surface area contributed by atoms with E-state index < -0.39 is 0 Å². The van der Waals surface area contributed by atoms with Crippen LogP contribution in [0.25, 0.3) is 0 Å². The minimum atomic E-state index is -0.334. The second kappa shape index (κ2) is 4.49. The van der Waals surface area contributed by atoms with Crippen LogP contribution >= 0.6 is 15.9 Å². The molecule has 0 amide bonds. The van der Waals surface area contributed by atoms with Gasteiger partial charge in [0, 0.05) is 6.07 Å². The van der Waals surface area contributed by atoms with E-state index >= 15 is 0 Å². The first kappa shape index (κ1) is 10.9. The van der Waals surface area contributed by atoms with Crippen LogP contribution in [0.4, 0.5) is 10.2 Å². The van der Waals surface area contributed by atoms with E-state index in [1.165, 1.54) is 18.2 Å². The summed E-state index contributed by atoms with van der Waals surface area (Å²) in [6.07, 6.45) is 0. The minimum Gasteiger partial charge on any atom is -0.438 e. The summed E-state index contributed by atoms with van der Waals surface area (Å²) < 4.78 is 18.8. The number of aromatic nitrogens is 1. The Morgan fingerprint density at radius 2 is 2.06 bits per heavy atom. The third kappa shape index (κ3) is 2.49. The van der Waals surface area contributed by atoms with E-state index in [0.717, 1.165) is 0 Å². The molecule has 16 heavy (non-hydrogen) atoms. The lowest BCUT2D eigenvalue weighted by molar-refractivity contribution is 0.459. The minimum absolute atomic E-state index is 0.334. The van der Waals surface area contributed by atoms with Crippen LogP contribution in [0.2, 0.25) is 0 Å². The van der Waals surface area contributed by atoms with E-state index in [-0.39, 0.29) is 5.82 Å². The number of hydrogen-bond donors (Lipinski definition) is 1. The van der Waals surface area contributed by atoms with Gasteiger partial charge in [0.05, 0.1) is 4.47 Å². The van der Waals surface area contributed by atoms with E-state index in [9.17, 15) is 4.39 Å². The number of anilines is 1. The fourth-order valence-corrected chi connectivity index (χ4v) is 1.59. The smallest absolute Gasteiger partial charge is 0.221 e. The molecule has 1 aromatic carbocycles. The Bertz CT molecular complexity index is 519. The molecule has 2 aromatic rings. The van der Waals surface area contributed by atoms with Crippen LogP contribution in [0.3, 0.4) is 0 Å². The van der Waals surface area contributed by atoms with Gasteiger partial charge in [0.2, 0.25) is 5.88 Å². The van der Waals surface area contributed by atoms with Gasteiger partial charge >= 0.3 is 0 Å². The average Bonchev–Trinajstić information content (AvgIpc) is 2.22. The number of nitrogens with zero attached hydrogens (tertiary/aromatic N) is 1. The van der Waals surface area contributed by atoms with E-state index in [4.69, 9.17) is 10.5 Å². The van der Waals surface area contributed by atoms with Crippen molar-refractivity contribution in [2.45, 2.75) is 0 Å². The predicted octanol–water partition coefficient (Wildman–Crippen LogP) is 3.36. The standard InChI is InChI=1S/C11H8BrFN2O/c12-8-6-7(13)4-5-9(8)16-11-3-1-2-10(14)15-11/h1-6H,(H2,14,15). The molecule has 5 heteroatoms. The summed E-state index contributed by atoms with van der Waals surface area (Å²) in [5.74, 6) is 0.891. The van der Waals surface area contributed by atoms with Crippen molar-refractivity contribution in [1.82, 2.24) is 4.98 Å². The quantitative estimate of drug-likeness (QED) is 0.919. The summed E-state index contributed by atoms with van der Waals surface area (Å²) in [6.45, 7) is 0. The fourth-order valence-electron chi connectivity index (χ4n) is 1.16. The van der Waals surface area contributed by atoms with Crippen molar-refractivity contribution in [3.05, 3.63) is 46.7 Å². The Morgan fingerprint density at radius 1 is 1.25 bits per heavy atom. The zero-order valence-corrected chi connectivity index (χ0v) is 9.74. The van der Waals surface area contributed by atoms with Crippen molar-refractivity contribution in [1.29, 1.82) is 0 Å². The molecule has 82 valence electrons. The molecule has 0 spiro atoms. The van der Waals surface area contributed by atoms with Gasteiger partial charge in [0.25, 0.3) is 0 Å². The van der Waals surface area contributed by atoms with Gasteiger partial charge in [-0.15, -0.1) is 0 Å². The van der Waals surface area contributed by atoms with Gasteiger partial charge in [-0.1, -0.05) is 6.07 Å². The van der Waals surface area contributed by atoms with E-state index in [0.29, 0.717) is 21.9 Å². The molecule has 0 radical (unpaired) electrons. The third-order valence-corrected chi connectivity index (χ3v) is 2.47. The molecule has 1 aromatic heterocycles. The molecule has 0 atom stereocenters. The lowest BCUT2D eigenvalue weighted by atomic mass is 10.3. The van der Waals surface area contributed by atoms with Crippen molar-refractivity contribution in [3.63, 3.8) is 0 Å². The summed E-state index contributed by atoms with van der Waals surface area (Å²) in [7, 11) is 0. The molecule has 0 aliphatic heterocycles. The topological polar surface area (TPSA) is 48.1 Å². The van der Waals surface area contributed by atoms with Crippen LogP contribution in [-0.4, -0.2) is 4.98 Å². The van der Waals surface area contributed by atoms with Crippen molar-refractivity contribution in [2.24, 2.45) is 0 Å². The Hall–Kier alpha value is -1.62. The summed E-state index contributed by atoms with van der Waals surface area (Å²) in [6, 6.07) is 9.21. The largest absolute Gasteiger partial charge is 0.438 e. The maximum absolute atomic E-state index is 12.8. The molecule has 2 rings (SSSR count). The number of rotatable bonds is 2. The Labute approximate surface area is 100 Å². The van der Waals surface area contributed by atoms with Crippen LogP contribution in [0, 0.1) is 5.82 Å². The zero-order valence-electron chi connectivity index (χ0n) is 8.15. The van der Waals surface area contributed by atoms with E-state index in [1.807, 2.05) is 0 Å². The van der Waals surface area contributed by atoms with Gasteiger partial charge in [-0.3, -0.25) is 0 Å². The molecular weight excluding hydrogens is 275 g/mol. The highest BCUT2D eigenvalue weighted by Crippen LogP contribution is 2.29. The number of nitrogens with two attached hydrogens (primary N) is 1. The van der Waals surface area contributed by atoms with Gasteiger partial charge < -0.3 is 10.5 Å². The van der Waals surface area contributed by atoms with Gasteiger partial charge in [-0.2, -0.15) is 4.98 Å². The normalized spacial score (nSPS) is 10.1. The molecule has 1 heterocycles. The van der Waals surface area contributed by atoms with Crippen molar-refractivity contribution in [3.8, 4) is 11.6 Å². The average molecular weight is 283 g/mol. The predicted molar refractivity (Wildman–Crippen MR) is 62.8 cm³/mol. The van der Waals surface area contributed by atoms with Crippen LogP contribution < -0.4 is 10.5 Å². The monoisotopic (exact) mass is 282 g/mol. The van der Waals surface area contributed by atoms with Crippen molar-refractivity contribution >= 4 is 21.7 Å². The van der Waals surface area contributed by atoms with Gasteiger partial charge in [0.15, 0.2) is 0 Å². The maximum atomic E-state index is 12.8. The molecule has 0 bridgehead atoms. The molecule has 0 saturated carbocycles. The number of nitrogen functional groups attached to an aromatic ring is 1. The number of ether oxygens (including phenoxy) is 1. The van der Waals surface area contributed by atoms with Crippen LogP contribution in [0.15, 0.2) is 40.9 Å². The first-order valence-electron chi connectivity index (χ1n) is 4.50. The molecule has 0 fully saturated rings. The molecular formula is C11H8BrFN2O. The SMILES string of the molecule is Nc1cccc(Oc2ccc(F)cc2Br)n1. The van der Waals surface area contributed by atoms with Crippen molar-refractivity contribution in [2.75, 3.05) is 5.73 Å². The molecule has 0 aliphatic carbocycles. The second-order valence-electron chi connectivity index (χ2n) is 3.08. The Balaban J connectivity index is 2.27. The molecule has 0 unspecified atom stereocenters. The number of halogens is 2. The van der Waals surface area contributed by atoms with Crippen LogP contribution in [0.1, 0.15) is 0 Å². The van der Waals surface area contributed by atoms with Gasteiger partial charge in [-0.25, -0.2) is 4.39 Å². The first-order valence-corrected chi connectivity index (χ1v) is 5.30. The zero-order chi connectivity index (χ0) is 11.5. The highest BCUT2D eigenvalue weighted by atomic mass is 79.9.